The summed E-state index contributed by atoms with van der Waals surface area (Å²) in [6, 6.07) is 0. The summed E-state index contributed by atoms with van der Waals surface area (Å²) in [5.41, 5.74) is 0. The Hall–Kier alpha value is 0.0674. The molecule has 0 amide bonds. The van der Waals surface area contributed by atoms with Crippen molar-refractivity contribution in [2.75, 3.05) is 0 Å². The Labute approximate surface area is 80.5 Å². The van der Waals surface area contributed by atoms with Crippen molar-refractivity contribution in [3.8, 4) is 0 Å². The van der Waals surface area contributed by atoms with Gasteiger partial charge >= 0.3 is 24.8 Å². The summed E-state index contributed by atoms with van der Waals surface area (Å²) in [6.07, 6.45) is 5.88. The molecule has 0 aromatic rings. The summed E-state index contributed by atoms with van der Waals surface area (Å²) in [6.45, 7) is 2.15. The van der Waals surface area contributed by atoms with E-state index in [1.54, 1.807) is 0 Å². The van der Waals surface area contributed by atoms with Crippen molar-refractivity contribution in [1.82, 2.24) is 0 Å². The number of carboxylic acid groups (broad SMARTS) is 1. The van der Waals surface area contributed by atoms with Crippen molar-refractivity contribution in [2.24, 2.45) is 0 Å². The zero-order valence-corrected chi connectivity index (χ0v) is 6.60. The number of rotatable bonds is 6. The van der Waals surface area contributed by atoms with Crippen LogP contribution in [0.25, 0.3) is 0 Å². The summed E-state index contributed by atoms with van der Waals surface area (Å²) in [7, 11) is 0. The Balaban J connectivity index is 0. The van der Waals surface area contributed by atoms with Crippen LogP contribution in [0.4, 0.5) is 0 Å². The molecule has 0 aliphatic rings. The van der Waals surface area contributed by atoms with Crippen LogP contribution in [0.1, 0.15) is 45.4 Å². The van der Waals surface area contributed by atoms with E-state index < -0.39 is 5.97 Å². The molecule has 0 aromatic carbocycles. The first-order valence-corrected chi connectivity index (χ1v) is 3.99. The molecule has 0 radical (unpaired) electrons. The summed E-state index contributed by atoms with van der Waals surface area (Å²) in [4.78, 5) is 10.0. The molecule has 0 fully saturated rings. The third-order valence-corrected chi connectivity index (χ3v) is 1.49. The van der Waals surface area contributed by atoms with Gasteiger partial charge in [0.05, 0.1) is 0 Å². The fourth-order valence-corrected chi connectivity index (χ4v) is 0.880. The molecule has 3 heteroatoms. The number of hydrogen-bond acceptors (Lipinski definition) is 1. The number of aliphatic carboxylic acids is 1. The first-order chi connectivity index (χ1) is 4.77. The van der Waals surface area contributed by atoms with Gasteiger partial charge in [-0.05, 0) is 6.42 Å². The second-order valence-electron chi connectivity index (χ2n) is 2.56. The average Bonchev–Trinajstić information content (AvgIpc) is 1.87. The topological polar surface area (TPSA) is 37.3 Å². The van der Waals surface area contributed by atoms with Crippen LogP contribution in [0.3, 0.4) is 0 Å². The van der Waals surface area contributed by atoms with Crippen LogP contribution >= 0.6 is 0 Å². The van der Waals surface area contributed by atoms with Gasteiger partial charge in [-0.15, -0.1) is 0 Å². The van der Waals surface area contributed by atoms with E-state index in [-0.39, 0.29) is 18.9 Å². The molecule has 0 spiro atoms. The molecular weight excluding hydrogens is 135 g/mol. The van der Waals surface area contributed by atoms with Gasteiger partial charge in [-0.25, -0.2) is 0 Å². The fourth-order valence-electron chi connectivity index (χ4n) is 0.880. The third kappa shape index (κ3) is 13.1. The van der Waals surface area contributed by atoms with Crippen molar-refractivity contribution >= 4 is 24.8 Å². The molecular formula is C8H17LiO2. The minimum absolute atomic E-state index is 0. The Morgan fingerprint density at radius 1 is 1.18 bits per heavy atom. The van der Waals surface area contributed by atoms with Crippen molar-refractivity contribution in [3.05, 3.63) is 0 Å². The summed E-state index contributed by atoms with van der Waals surface area (Å²) < 4.78 is 0. The van der Waals surface area contributed by atoms with Crippen LogP contribution in [0, 0.1) is 0 Å². The zero-order chi connectivity index (χ0) is 7.82. The second kappa shape index (κ2) is 10.1. The molecule has 62 valence electrons. The molecule has 11 heavy (non-hydrogen) atoms. The fraction of sp³-hybridized carbons (Fsp3) is 0.875. The van der Waals surface area contributed by atoms with Crippen LogP contribution in [0.2, 0.25) is 0 Å². The number of carbonyl (C=O) groups is 1. The maximum atomic E-state index is 10.0. The van der Waals surface area contributed by atoms with E-state index in [2.05, 4.69) is 6.92 Å². The predicted molar refractivity (Wildman–Crippen MR) is 48.2 cm³/mol. The van der Waals surface area contributed by atoms with E-state index in [1.807, 2.05) is 0 Å². The van der Waals surface area contributed by atoms with E-state index in [1.165, 1.54) is 19.3 Å². The summed E-state index contributed by atoms with van der Waals surface area (Å²) in [5, 5.41) is 8.27. The quantitative estimate of drug-likeness (QED) is 0.465. The minimum atomic E-state index is -0.670. The summed E-state index contributed by atoms with van der Waals surface area (Å²) in [5.74, 6) is -0.670. The standard InChI is InChI=1S/C8H16O2.Li.H/c1-2-3-4-5-6-7-8(9)10;;/h2-7H2,1H3,(H,9,10);;. The van der Waals surface area contributed by atoms with Gasteiger partial charge in [-0.3, -0.25) is 4.79 Å². The molecule has 0 rings (SSSR count). The molecule has 1 N–H and O–H groups in total. The van der Waals surface area contributed by atoms with Crippen molar-refractivity contribution < 1.29 is 9.90 Å². The van der Waals surface area contributed by atoms with E-state index in [9.17, 15) is 4.79 Å². The molecule has 0 heterocycles. The number of hydrogen-bond donors (Lipinski definition) is 1. The van der Waals surface area contributed by atoms with Gasteiger partial charge in [0.1, 0.15) is 0 Å². The third-order valence-electron chi connectivity index (χ3n) is 1.49. The normalized spacial score (nSPS) is 8.82. The van der Waals surface area contributed by atoms with E-state index >= 15 is 0 Å². The van der Waals surface area contributed by atoms with Crippen LogP contribution < -0.4 is 0 Å². The molecule has 0 bridgehead atoms. The van der Waals surface area contributed by atoms with E-state index in [0.717, 1.165) is 12.8 Å². The van der Waals surface area contributed by atoms with Gasteiger partial charge in [0.2, 0.25) is 0 Å². The number of carboxylic acids is 1. The Morgan fingerprint density at radius 3 is 2.18 bits per heavy atom. The molecule has 2 nitrogen and oxygen atoms in total. The average molecular weight is 152 g/mol. The van der Waals surface area contributed by atoms with E-state index in [4.69, 9.17) is 5.11 Å². The second-order valence-corrected chi connectivity index (χ2v) is 2.56. The Morgan fingerprint density at radius 2 is 1.73 bits per heavy atom. The van der Waals surface area contributed by atoms with Crippen LogP contribution in [-0.4, -0.2) is 29.9 Å². The predicted octanol–water partition coefficient (Wildman–Crippen LogP) is 1.78. The van der Waals surface area contributed by atoms with Gasteiger partial charge in [0.15, 0.2) is 0 Å². The first kappa shape index (κ1) is 13.6. The van der Waals surface area contributed by atoms with Gasteiger partial charge in [-0.2, -0.15) is 0 Å². The van der Waals surface area contributed by atoms with Crippen LogP contribution in [0.15, 0.2) is 0 Å². The molecule has 0 aromatic heterocycles. The Bertz CT molecular complexity index is 94.1. The van der Waals surface area contributed by atoms with Crippen molar-refractivity contribution in [3.63, 3.8) is 0 Å². The van der Waals surface area contributed by atoms with E-state index in [0.29, 0.717) is 6.42 Å². The zero-order valence-electron chi connectivity index (χ0n) is 6.60. The molecule has 0 saturated carbocycles. The molecule has 0 aliphatic heterocycles. The molecule has 0 unspecified atom stereocenters. The van der Waals surface area contributed by atoms with Gasteiger partial charge < -0.3 is 5.11 Å². The number of unbranched alkanes of at least 4 members (excludes halogenated alkanes) is 4. The van der Waals surface area contributed by atoms with Crippen LogP contribution in [0.5, 0.6) is 0 Å². The molecule has 0 saturated heterocycles. The first-order valence-electron chi connectivity index (χ1n) is 3.99. The maximum absolute atomic E-state index is 10.0. The molecule has 0 aliphatic carbocycles. The Kier molecular flexibility index (Phi) is 12.5. The SMILES string of the molecule is CCCCCCCC(=O)O.[LiH]. The molecule has 0 atom stereocenters. The van der Waals surface area contributed by atoms with Crippen LogP contribution in [-0.2, 0) is 4.79 Å². The van der Waals surface area contributed by atoms with Crippen molar-refractivity contribution in [1.29, 1.82) is 0 Å². The van der Waals surface area contributed by atoms with Gasteiger partial charge in [0.25, 0.3) is 0 Å². The van der Waals surface area contributed by atoms with Gasteiger partial charge in [0, 0.05) is 6.42 Å². The van der Waals surface area contributed by atoms with Crippen molar-refractivity contribution in [2.45, 2.75) is 45.4 Å². The van der Waals surface area contributed by atoms with Gasteiger partial charge in [-0.1, -0.05) is 32.6 Å². The monoisotopic (exact) mass is 152 g/mol. The summed E-state index contributed by atoms with van der Waals surface area (Å²) >= 11 is 0.